The van der Waals surface area contributed by atoms with Crippen molar-refractivity contribution in [1.82, 2.24) is 10.2 Å². The number of nitrogens with zero attached hydrogens (tertiary/aromatic N) is 1. The lowest BCUT2D eigenvalue weighted by Crippen LogP contribution is -2.47. The number of methoxy groups -OCH3 is 1. The van der Waals surface area contributed by atoms with Gasteiger partial charge >= 0.3 is 0 Å². The minimum atomic E-state index is -0.413. The van der Waals surface area contributed by atoms with Gasteiger partial charge in [0.05, 0.1) is 12.7 Å². The first kappa shape index (κ1) is 15.4. The lowest BCUT2D eigenvalue weighted by atomic mass is 10.0. The molecule has 4 nitrogen and oxygen atoms in total. The Kier molecular flexibility index (Phi) is 6.47. The lowest BCUT2D eigenvalue weighted by molar-refractivity contribution is 0.0594. The molecule has 0 saturated carbocycles. The molecule has 0 aromatic heterocycles. The van der Waals surface area contributed by atoms with Gasteiger partial charge < -0.3 is 15.2 Å². The molecule has 0 amide bonds. The van der Waals surface area contributed by atoms with E-state index in [4.69, 9.17) is 4.74 Å². The van der Waals surface area contributed by atoms with E-state index in [1.807, 2.05) is 0 Å². The van der Waals surface area contributed by atoms with E-state index in [9.17, 15) is 5.11 Å². The molecule has 112 valence electrons. The molecule has 2 atom stereocenters. The van der Waals surface area contributed by atoms with Gasteiger partial charge in [-0.05, 0) is 24.9 Å². The second-order valence-corrected chi connectivity index (χ2v) is 5.58. The van der Waals surface area contributed by atoms with Gasteiger partial charge in [-0.15, -0.1) is 0 Å². The fourth-order valence-corrected chi connectivity index (χ4v) is 2.76. The Morgan fingerprint density at radius 2 is 2.20 bits per heavy atom. The average Bonchev–Trinajstić information content (AvgIpc) is 2.47. The highest BCUT2D eigenvalue weighted by Crippen LogP contribution is 2.13. The smallest absolute Gasteiger partial charge is 0.0897 e. The van der Waals surface area contributed by atoms with Gasteiger partial charge in [0, 0.05) is 32.8 Å². The Balaban J connectivity index is 1.74. The van der Waals surface area contributed by atoms with Gasteiger partial charge in [0.2, 0.25) is 0 Å². The van der Waals surface area contributed by atoms with Crippen molar-refractivity contribution in [3.8, 4) is 0 Å². The van der Waals surface area contributed by atoms with Gasteiger partial charge in [-0.1, -0.05) is 30.3 Å². The summed E-state index contributed by atoms with van der Waals surface area (Å²) in [7, 11) is 1.62. The molecule has 0 bridgehead atoms. The maximum atomic E-state index is 9.68. The van der Waals surface area contributed by atoms with Crippen molar-refractivity contribution in [2.75, 3.05) is 33.4 Å². The Morgan fingerprint density at radius 3 is 2.95 bits per heavy atom. The summed E-state index contributed by atoms with van der Waals surface area (Å²) < 4.78 is 4.94. The van der Waals surface area contributed by atoms with Crippen molar-refractivity contribution in [3.05, 3.63) is 35.9 Å². The normalized spacial score (nSPS) is 21.8. The number of aliphatic hydroxyl groups excluding tert-OH is 1. The maximum absolute atomic E-state index is 9.68. The molecule has 1 saturated heterocycles. The first-order valence-electron chi connectivity index (χ1n) is 7.44. The van der Waals surface area contributed by atoms with Crippen LogP contribution in [0.15, 0.2) is 30.3 Å². The second-order valence-electron chi connectivity index (χ2n) is 5.58. The van der Waals surface area contributed by atoms with Crippen LogP contribution in [0.5, 0.6) is 0 Å². The molecule has 1 aliphatic rings. The van der Waals surface area contributed by atoms with Crippen molar-refractivity contribution >= 4 is 0 Å². The molecule has 4 heteroatoms. The van der Waals surface area contributed by atoms with Crippen LogP contribution < -0.4 is 5.32 Å². The van der Waals surface area contributed by atoms with Gasteiger partial charge in [0.15, 0.2) is 0 Å². The number of rotatable bonds is 7. The van der Waals surface area contributed by atoms with Crippen LogP contribution in [0.1, 0.15) is 18.4 Å². The van der Waals surface area contributed by atoms with Crippen LogP contribution in [0.25, 0.3) is 0 Å². The molecule has 1 aromatic carbocycles. The number of benzene rings is 1. The van der Waals surface area contributed by atoms with E-state index in [-0.39, 0.29) is 0 Å². The molecule has 2 rings (SSSR count). The van der Waals surface area contributed by atoms with Crippen molar-refractivity contribution in [2.24, 2.45) is 0 Å². The number of nitrogens with one attached hydrogen (secondary N) is 1. The largest absolute Gasteiger partial charge is 0.389 e. The Labute approximate surface area is 121 Å². The third-order valence-corrected chi connectivity index (χ3v) is 3.76. The lowest BCUT2D eigenvalue weighted by Gasteiger charge is -2.33. The van der Waals surface area contributed by atoms with E-state index >= 15 is 0 Å². The molecule has 2 unspecified atom stereocenters. The fraction of sp³-hybridized carbons (Fsp3) is 0.625. The van der Waals surface area contributed by atoms with Gasteiger partial charge in [0.1, 0.15) is 0 Å². The highest BCUT2D eigenvalue weighted by molar-refractivity contribution is 5.14. The summed E-state index contributed by atoms with van der Waals surface area (Å²) in [6.07, 6.45) is 1.99. The number of aliphatic hydroxyl groups is 1. The third kappa shape index (κ3) is 5.21. The van der Waals surface area contributed by atoms with E-state index in [2.05, 4.69) is 40.5 Å². The molecule has 1 heterocycles. The van der Waals surface area contributed by atoms with E-state index in [1.54, 1.807) is 7.11 Å². The van der Waals surface area contributed by atoms with Crippen molar-refractivity contribution in [1.29, 1.82) is 0 Å². The van der Waals surface area contributed by atoms with E-state index < -0.39 is 6.10 Å². The summed E-state index contributed by atoms with van der Waals surface area (Å²) >= 11 is 0. The predicted octanol–water partition coefficient (Wildman–Crippen LogP) is 1.25. The molecule has 20 heavy (non-hydrogen) atoms. The van der Waals surface area contributed by atoms with Crippen molar-refractivity contribution < 1.29 is 9.84 Å². The zero-order valence-electron chi connectivity index (χ0n) is 12.3. The highest BCUT2D eigenvalue weighted by Gasteiger charge is 2.20. The summed E-state index contributed by atoms with van der Waals surface area (Å²) in [6.45, 7) is 4.23. The summed E-state index contributed by atoms with van der Waals surface area (Å²) in [5.41, 5.74) is 1.37. The van der Waals surface area contributed by atoms with Crippen LogP contribution in [0.3, 0.4) is 0 Å². The first-order chi connectivity index (χ1) is 9.78. The summed E-state index contributed by atoms with van der Waals surface area (Å²) in [4.78, 5) is 2.49. The van der Waals surface area contributed by atoms with Gasteiger partial charge in [-0.3, -0.25) is 4.90 Å². The van der Waals surface area contributed by atoms with E-state index in [1.165, 1.54) is 18.4 Å². The van der Waals surface area contributed by atoms with Crippen molar-refractivity contribution in [2.45, 2.75) is 31.5 Å². The molecule has 0 radical (unpaired) electrons. The third-order valence-electron chi connectivity index (χ3n) is 3.76. The standard InChI is InChI=1S/C16H26N2O2/c1-20-13-16(19)10-17-15-8-5-9-18(12-15)11-14-6-3-2-4-7-14/h2-4,6-7,15-17,19H,5,8-13H2,1H3. The first-order valence-corrected chi connectivity index (χ1v) is 7.44. The van der Waals surface area contributed by atoms with Crippen LogP contribution in [-0.2, 0) is 11.3 Å². The Morgan fingerprint density at radius 1 is 1.40 bits per heavy atom. The molecule has 2 N–H and O–H groups in total. The number of ether oxygens (including phenoxy) is 1. The predicted molar refractivity (Wildman–Crippen MR) is 80.6 cm³/mol. The summed E-state index contributed by atoms with van der Waals surface area (Å²) in [6, 6.07) is 11.1. The summed E-state index contributed by atoms with van der Waals surface area (Å²) in [5, 5.41) is 13.1. The molecule has 1 aliphatic heterocycles. The van der Waals surface area contributed by atoms with E-state index in [0.29, 0.717) is 19.2 Å². The Bertz CT molecular complexity index is 372. The number of hydrogen-bond donors (Lipinski definition) is 2. The van der Waals surface area contributed by atoms with Gasteiger partial charge in [-0.25, -0.2) is 0 Å². The molecular weight excluding hydrogens is 252 g/mol. The SMILES string of the molecule is COCC(O)CNC1CCCN(Cc2ccccc2)C1. The number of likely N-dealkylation sites (tertiary alicyclic amines) is 1. The monoisotopic (exact) mass is 278 g/mol. The van der Waals surface area contributed by atoms with E-state index in [0.717, 1.165) is 19.6 Å². The van der Waals surface area contributed by atoms with Gasteiger partial charge in [-0.2, -0.15) is 0 Å². The molecule has 1 aromatic rings. The number of piperidine rings is 1. The zero-order valence-corrected chi connectivity index (χ0v) is 12.3. The molecular formula is C16H26N2O2. The fourth-order valence-electron chi connectivity index (χ4n) is 2.76. The minimum Gasteiger partial charge on any atom is -0.389 e. The summed E-state index contributed by atoms with van der Waals surface area (Å²) in [5.74, 6) is 0. The van der Waals surface area contributed by atoms with Crippen LogP contribution in [0.2, 0.25) is 0 Å². The molecule has 0 spiro atoms. The zero-order chi connectivity index (χ0) is 14.2. The molecule has 0 aliphatic carbocycles. The van der Waals surface area contributed by atoms with Crippen LogP contribution in [-0.4, -0.2) is 55.5 Å². The van der Waals surface area contributed by atoms with Crippen LogP contribution in [0, 0.1) is 0 Å². The highest BCUT2D eigenvalue weighted by atomic mass is 16.5. The van der Waals surface area contributed by atoms with Crippen molar-refractivity contribution in [3.63, 3.8) is 0 Å². The second kappa shape index (κ2) is 8.37. The van der Waals surface area contributed by atoms with Crippen LogP contribution in [0.4, 0.5) is 0 Å². The van der Waals surface area contributed by atoms with Gasteiger partial charge in [0.25, 0.3) is 0 Å². The Hall–Kier alpha value is -0.940. The topological polar surface area (TPSA) is 44.7 Å². The average molecular weight is 278 g/mol. The molecule has 1 fully saturated rings. The maximum Gasteiger partial charge on any atom is 0.0897 e. The van der Waals surface area contributed by atoms with Crippen LogP contribution >= 0.6 is 0 Å². The number of hydrogen-bond acceptors (Lipinski definition) is 4. The minimum absolute atomic E-state index is 0.396. The quantitative estimate of drug-likeness (QED) is 0.788.